The van der Waals surface area contributed by atoms with Gasteiger partial charge in [0.15, 0.2) is 11.5 Å². The zero-order chi connectivity index (χ0) is 12.5. The van der Waals surface area contributed by atoms with Crippen LogP contribution in [0.3, 0.4) is 0 Å². The van der Waals surface area contributed by atoms with Crippen LogP contribution in [0.25, 0.3) is 16.6 Å². The number of carbonyl (C=O) groups is 1. The third-order valence-electron chi connectivity index (χ3n) is 2.62. The number of fused-ring (bicyclic) bond motifs is 3. The van der Waals surface area contributed by atoms with E-state index < -0.39 is 0 Å². The second kappa shape index (κ2) is 4.06. The van der Waals surface area contributed by atoms with E-state index in [1.54, 1.807) is 10.8 Å². The summed E-state index contributed by atoms with van der Waals surface area (Å²) in [6.07, 6.45) is 1.63. The molecule has 0 saturated heterocycles. The number of amides is 1. The van der Waals surface area contributed by atoms with Crippen LogP contribution >= 0.6 is 0 Å². The molecule has 1 amide bonds. The standard InChI is InChI=1S/C12H11N5O/c1-8(18)13-6-11-15-12-9-4-2-3-5-10(9)14-7-17(12)16-11/h2-5,7H,6H2,1H3,(H,13,18). The minimum Gasteiger partial charge on any atom is -0.349 e. The molecule has 1 aromatic carbocycles. The van der Waals surface area contributed by atoms with Gasteiger partial charge in [-0.1, -0.05) is 12.1 Å². The minimum absolute atomic E-state index is 0.100. The van der Waals surface area contributed by atoms with Gasteiger partial charge in [-0.25, -0.2) is 14.5 Å². The van der Waals surface area contributed by atoms with Crippen LogP contribution in [0.1, 0.15) is 12.7 Å². The Morgan fingerprint density at radius 1 is 1.39 bits per heavy atom. The fourth-order valence-electron chi connectivity index (χ4n) is 1.80. The third-order valence-corrected chi connectivity index (χ3v) is 2.62. The summed E-state index contributed by atoms with van der Waals surface area (Å²) in [5, 5.41) is 7.88. The molecule has 18 heavy (non-hydrogen) atoms. The van der Waals surface area contributed by atoms with Crippen molar-refractivity contribution >= 4 is 22.5 Å². The molecule has 0 spiro atoms. The predicted octanol–water partition coefficient (Wildman–Crippen LogP) is 0.914. The third kappa shape index (κ3) is 1.77. The van der Waals surface area contributed by atoms with Crippen molar-refractivity contribution in [2.45, 2.75) is 13.5 Å². The molecule has 2 aromatic heterocycles. The monoisotopic (exact) mass is 241 g/mol. The molecule has 0 saturated carbocycles. The lowest BCUT2D eigenvalue weighted by Gasteiger charge is -1.96. The molecule has 90 valence electrons. The van der Waals surface area contributed by atoms with E-state index in [2.05, 4.69) is 20.4 Å². The summed E-state index contributed by atoms with van der Waals surface area (Å²) in [4.78, 5) is 19.6. The van der Waals surface area contributed by atoms with Gasteiger partial charge >= 0.3 is 0 Å². The molecule has 3 rings (SSSR count). The van der Waals surface area contributed by atoms with Crippen molar-refractivity contribution < 1.29 is 4.79 Å². The summed E-state index contributed by atoms with van der Waals surface area (Å²) in [6, 6.07) is 7.75. The average molecular weight is 241 g/mol. The second-order valence-corrected chi connectivity index (χ2v) is 3.97. The van der Waals surface area contributed by atoms with E-state index >= 15 is 0 Å². The lowest BCUT2D eigenvalue weighted by molar-refractivity contribution is -0.119. The minimum atomic E-state index is -0.100. The number of carbonyl (C=O) groups excluding carboxylic acids is 1. The summed E-state index contributed by atoms with van der Waals surface area (Å²) in [5.74, 6) is 0.472. The summed E-state index contributed by atoms with van der Waals surface area (Å²) in [5.41, 5.74) is 1.63. The quantitative estimate of drug-likeness (QED) is 0.724. The predicted molar refractivity (Wildman–Crippen MR) is 65.8 cm³/mol. The molecule has 0 atom stereocenters. The molecular weight excluding hydrogens is 230 g/mol. The molecule has 6 nitrogen and oxygen atoms in total. The van der Waals surface area contributed by atoms with Gasteiger partial charge in [0.25, 0.3) is 0 Å². The van der Waals surface area contributed by atoms with Gasteiger partial charge in [0.05, 0.1) is 12.1 Å². The number of aromatic nitrogens is 4. The molecule has 0 aliphatic rings. The Hall–Kier alpha value is -2.50. The van der Waals surface area contributed by atoms with Crippen molar-refractivity contribution in [1.29, 1.82) is 0 Å². The fourth-order valence-corrected chi connectivity index (χ4v) is 1.80. The molecule has 3 aromatic rings. The van der Waals surface area contributed by atoms with Crippen molar-refractivity contribution in [2.75, 3.05) is 0 Å². The van der Waals surface area contributed by atoms with Gasteiger partial charge in [-0.15, -0.1) is 5.10 Å². The molecule has 0 aliphatic carbocycles. The maximum atomic E-state index is 10.9. The smallest absolute Gasteiger partial charge is 0.217 e. The van der Waals surface area contributed by atoms with Crippen LogP contribution in [0.4, 0.5) is 0 Å². The Labute approximate surface area is 103 Å². The highest BCUT2D eigenvalue weighted by Crippen LogP contribution is 2.15. The van der Waals surface area contributed by atoms with Crippen LogP contribution in [-0.4, -0.2) is 25.5 Å². The molecule has 6 heteroatoms. The first-order valence-corrected chi connectivity index (χ1v) is 5.57. The molecule has 0 fully saturated rings. The molecule has 0 unspecified atom stereocenters. The average Bonchev–Trinajstić information content (AvgIpc) is 2.79. The first-order chi connectivity index (χ1) is 8.74. The number of rotatable bonds is 2. The van der Waals surface area contributed by atoms with E-state index in [-0.39, 0.29) is 5.91 Å². The van der Waals surface area contributed by atoms with Gasteiger partial charge in [0.2, 0.25) is 5.91 Å². The lowest BCUT2D eigenvalue weighted by atomic mass is 10.2. The molecule has 0 aliphatic heterocycles. The van der Waals surface area contributed by atoms with E-state index in [1.807, 2.05) is 24.3 Å². The number of benzene rings is 1. The van der Waals surface area contributed by atoms with Gasteiger partial charge in [0.1, 0.15) is 6.33 Å². The molecular formula is C12H11N5O. The number of para-hydroxylation sites is 1. The largest absolute Gasteiger partial charge is 0.349 e. The summed E-state index contributed by atoms with van der Waals surface area (Å²) >= 11 is 0. The van der Waals surface area contributed by atoms with Crippen LogP contribution < -0.4 is 5.32 Å². The van der Waals surface area contributed by atoms with E-state index in [1.165, 1.54) is 6.92 Å². The van der Waals surface area contributed by atoms with Crippen LogP contribution in [0.15, 0.2) is 30.6 Å². The van der Waals surface area contributed by atoms with E-state index in [9.17, 15) is 4.79 Å². The zero-order valence-electron chi connectivity index (χ0n) is 9.79. The van der Waals surface area contributed by atoms with E-state index in [4.69, 9.17) is 0 Å². The van der Waals surface area contributed by atoms with Gasteiger partial charge in [-0.3, -0.25) is 4.79 Å². The highest BCUT2D eigenvalue weighted by molar-refractivity contribution is 5.90. The normalized spacial score (nSPS) is 10.9. The number of hydrogen-bond acceptors (Lipinski definition) is 4. The van der Waals surface area contributed by atoms with Crippen molar-refractivity contribution in [3.05, 3.63) is 36.4 Å². The lowest BCUT2D eigenvalue weighted by Crippen LogP contribution is -2.19. The molecule has 1 N–H and O–H groups in total. The van der Waals surface area contributed by atoms with Crippen LogP contribution in [-0.2, 0) is 11.3 Å². The summed E-state index contributed by atoms with van der Waals surface area (Å²) in [6.45, 7) is 1.79. The first kappa shape index (κ1) is 10.6. The Kier molecular flexibility index (Phi) is 2.40. The van der Waals surface area contributed by atoms with Gasteiger partial charge < -0.3 is 5.32 Å². The van der Waals surface area contributed by atoms with Gasteiger partial charge in [0, 0.05) is 12.3 Å². The summed E-state index contributed by atoms with van der Waals surface area (Å²) < 4.78 is 1.62. The second-order valence-electron chi connectivity index (χ2n) is 3.97. The van der Waals surface area contributed by atoms with Crippen molar-refractivity contribution in [3.8, 4) is 0 Å². The Morgan fingerprint density at radius 2 is 2.22 bits per heavy atom. The van der Waals surface area contributed by atoms with Gasteiger partial charge in [-0.2, -0.15) is 0 Å². The topological polar surface area (TPSA) is 72.2 Å². The van der Waals surface area contributed by atoms with Gasteiger partial charge in [-0.05, 0) is 12.1 Å². The first-order valence-electron chi connectivity index (χ1n) is 5.57. The Morgan fingerprint density at radius 3 is 3.06 bits per heavy atom. The number of nitrogens with zero attached hydrogens (tertiary/aromatic N) is 4. The zero-order valence-corrected chi connectivity index (χ0v) is 9.79. The Bertz CT molecular complexity index is 733. The number of hydrogen-bond donors (Lipinski definition) is 1. The number of nitrogens with one attached hydrogen (secondary N) is 1. The molecule has 2 heterocycles. The SMILES string of the molecule is CC(=O)NCc1nc2c3ccccc3ncn2n1. The summed E-state index contributed by atoms with van der Waals surface area (Å²) in [7, 11) is 0. The van der Waals surface area contributed by atoms with Crippen molar-refractivity contribution in [3.63, 3.8) is 0 Å². The molecule has 0 radical (unpaired) electrons. The van der Waals surface area contributed by atoms with Crippen LogP contribution in [0.2, 0.25) is 0 Å². The van der Waals surface area contributed by atoms with Crippen molar-refractivity contribution in [2.24, 2.45) is 0 Å². The Balaban J connectivity index is 2.11. The van der Waals surface area contributed by atoms with Crippen LogP contribution in [0, 0.1) is 0 Å². The highest BCUT2D eigenvalue weighted by atomic mass is 16.1. The van der Waals surface area contributed by atoms with E-state index in [0.717, 1.165) is 16.6 Å². The highest BCUT2D eigenvalue weighted by Gasteiger charge is 2.07. The van der Waals surface area contributed by atoms with E-state index in [0.29, 0.717) is 12.4 Å². The van der Waals surface area contributed by atoms with Crippen LogP contribution in [0.5, 0.6) is 0 Å². The maximum Gasteiger partial charge on any atom is 0.217 e. The fraction of sp³-hybridized carbons (Fsp3) is 0.167. The molecule has 0 bridgehead atoms. The van der Waals surface area contributed by atoms with Crippen molar-refractivity contribution in [1.82, 2.24) is 24.9 Å². The maximum absolute atomic E-state index is 10.9.